The number of benzene rings is 1. The predicted octanol–water partition coefficient (Wildman–Crippen LogP) is -0.805. The number of nitrogens with zero attached hydrogens (tertiary/aromatic N) is 2. The third kappa shape index (κ3) is 2.79. The fourth-order valence-electron chi connectivity index (χ4n) is 1.94. The smallest absolute Gasteiger partial charge is 0.241 e. The highest BCUT2D eigenvalue weighted by Crippen LogP contribution is 2.27. The minimum Gasteiger partial charge on any atom is -0.397 e. The summed E-state index contributed by atoms with van der Waals surface area (Å²) in [6.45, 7) is 1.34. The van der Waals surface area contributed by atoms with Gasteiger partial charge in [0.15, 0.2) is 0 Å². The zero-order chi connectivity index (χ0) is 14.2. The van der Waals surface area contributed by atoms with Gasteiger partial charge in [0.1, 0.15) is 0 Å². The Morgan fingerprint density at radius 2 is 1.95 bits per heavy atom. The summed E-state index contributed by atoms with van der Waals surface area (Å²) < 4.78 is 22.7. The summed E-state index contributed by atoms with van der Waals surface area (Å²) in [7, 11) is -2.06. The highest BCUT2D eigenvalue weighted by molar-refractivity contribution is 7.89. The van der Waals surface area contributed by atoms with Crippen LogP contribution in [0.3, 0.4) is 0 Å². The average Bonchev–Trinajstić information content (AvgIpc) is 2.32. The van der Waals surface area contributed by atoms with Gasteiger partial charge in [0.2, 0.25) is 15.9 Å². The molecule has 0 spiro atoms. The van der Waals surface area contributed by atoms with Crippen molar-refractivity contribution in [2.45, 2.75) is 4.90 Å². The molecular weight excluding hydrogens is 268 g/mol. The van der Waals surface area contributed by atoms with Crippen molar-refractivity contribution in [3.8, 4) is 0 Å². The Morgan fingerprint density at radius 3 is 2.53 bits per heavy atom. The van der Waals surface area contributed by atoms with E-state index in [1.54, 1.807) is 16.8 Å². The van der Waals surface area contributed by atoms with E-state index in [0.717, 1.165) is 0 Å². The molecule has 0 aromatic heterocycles. The number of carbonyl (C=O) groups is 1. The van der Waals surface area contributed by atoms with E-state index in [1.165, 1.54) is 18.2 Å². The molecule has 0 unspecified atom stereocenters. The van der Waals surface area contributed by atoms with Crippen molar-refractivity contribution in [3.05, 3.63) is 18.2 Å². The number of primary sulfonamides is 1. The molecule has 1 aliphatic rings. The van der Waals surface area contributed by atoms with Crippen molar-refractivity contribution in [2.75, 3.05) is 37.3 Å². The van der Waals surface area contributed by atoms with E-state index in [-0.39, 0.29) is 17.3 Å². The number of anilines is 2. The molecule has 1 aromatic rings. The number of nitrogen functional groups attached to an aromatic ring is 1. The Bertz CT molecular complexity index is 614. The second-order valence-corrected chi connectivity index (χ2v) is 6.06. The van der Waals surface area contributed by atoms with Gasteiger partial charge in [-0.05, 0) is 18.2 Å². The van der Waals surface area contributed by atoms with E-state index in [1.807, 2.05) is 0 Å². The fraction of sp³-hybridized carbons (Fsp3) is 0.364. The lowest BCUT2D eigenvalue weighted by Crippen LogP contribution is -2.48. The third-order valence-corrected chi connectivity index (χ3v) is 4.04. The summed E-state index contributed by atoms with van der Waals surface area (Å²) >= 11 is 0. The van der Waals surface area contributed by atoms with Crippen LogP contribution in [-0.4, -0.2) is 45.9 Å². The first kappa shape index (κ1) is 13.6. The maximum absolute atomic E-state index is 11.7. The van der Waals surface area contributed by atoms with Gasteiger partial charge in [-0.15, -0.1) is 0 Å². The largest absolute Gasteiger partial charge is 0.397 e. The second kappa shape index (κ2) is 4.71. The molecule has 4 N–H and O–H groups in total. The van der Waals surface area contributed by atoms with E-state index in [0.29, 0.717) is 24.5 Å². The lowest BCUT2D eigenvalue weighted by Gasteiger charge is -2.34. The van der Waals surface area contributed by atoms with Gasteiger partial charge in [-0.1, -0.05) is 0 Å². The molecule has 2 rings (SSSR count). The van der Waals surface area contributed by atoms with Crippen LogP contribution in [-0.2, 0) is 14.8 Å². The van der Waals surface area contributed by atoms with Crippen LogP contribution >= 0.6 is 0 Å². The molecule has 1 fully saturated rings. The number of sulfonamides is 1. The van der Waals surface area contributed by atoms with Gasteiger partial charge in [0, 0.05) is 20.1 Å². The van der Waals surface area contributed by atoms with Crippen molar-refractivity contribution in [1.82, 2.24) is 4.90 Å². The van der Waals surface area contributed by atoms with Gasteiger partial charge in [-0.2, -0.15) is 0 Å². The van der Waals surface area contributed by atoms with Crippen LogP contribution in [0.5, 0.6) is 0 Å². The van der Waals surface area contributed by atoms with Crippen molar-refractivity contribution in [3.63, 3.8) is 0 Å². The zero-order valence-electron chi connectivity index (χ0n) is 10.5. The molecule has 19 heavy (non-hydrogen) atoms. The number of rotatable bonds is 2. The Kier molecular flexibility index (Phi) is 3.38. The molecule has 0 bridgehead atoms. The first-order valence-corrected chi connectivity index (χ1v) is 7.25. The van der Waals surface area contributed by atoms with Crippen LogP contribution in [0.1, 0.15) is 0 Å². The standard InChI is InChI=1S/C11H16N4O3S/c1-14-4-5-15(7-11(14)16)10-6-8(19(13,17)18)2-3-9(10)12/h2-3,6H,4-5,7,12H2,1H3,(H2,13,17,18). The van der Waals surface area contributed by atoms with Crippen molar-refractivity contribution in [1.29, 1.82) is 0 Å². The van der Waals surface area contributed by atoms with Crippen LogP contribution in [0.25, 0.3) is 0 Å². The molecule has 0 aliphatic carbocycles. The van der Waals surface area contributed by atoms with Gasteiger partial charge in [-0.3, -0.25) is 4.79 Å². The summed E-state index contributed by atoms with van der Waals surface area (Å²) in [5.41, 5.74) is 6.78. The minimum absolute atomic E-state index is 0.0110. The zero-order valence-corrected chi connectivity index (χ0v) is 11.4. The minimum atomic E-state index is -3.78. The molecule has 8 heteroatoms. The van der Waals surface area contributed by atoms with Crippen LogP contribution in [0.2, 0.25) is 0 Å². The fourth-order valence-corrected chi connectivity index (χ4v) is 2.47. The van der Waals surface area contributed by atoms with Gasteiger partial charge in [0.05, 0.1) is 22.8 Å². The van der Waals surface area contributed by atoms with E-state index < -0.39 is 10.0 Å². The maximum atomic E-state index is 11.7. The summed E-state index contributed by atoms with van der Waals surface area (Å²) in [6, 6.07) is 4.24. The first-order valence-electron chi connectivity index (χ1n) is 5.70. The number of amides is 1. The van der Waals surface area contributed by atoms with Gasteiger partial charge < -0.3 is 15.5 Å². The molecule has 0 atom stereocenters. The van der Waals surface area contributed by atoms with E-state index >= 15 is 0 Å². The molecule has 1 amide bonds. The molecular formula is C11H16N4O3S. The first-order chi connectivity index (χ1) is 8.79. The Labute approximate surface area is 111 Å². The van der Waals surface area contributed by atoms with Crippen LogP contribution in [0.4, 0.5) is 11.4 Å². The quantitative estimate of drug-likeness (QED) is 0.691. The van der Waals surface area contributed by atoms with Gasteiger partial charge in [0.25, 0.3) is 0 Å². The average molecular weight is 284 g/mol. The summed E-state index contributed by atoms with van der Waals surface area (Å²) in [4.78, 5) is 15.0. The molecule has 1 aliphatic heterocycles. The number of nitrogens with two attached hydrogens (primary N) is 2. The molecule has 104 valence electrons. The number of hydrogen-bond acceptors (Lipinski definition) is 5. The summed E-state index contributed by atoms with van der Waals surface area (Å²) in [5.74, 6) is -0.0355. The number of hydrogen-bond donors (Lipinski definition) is 2. The molecule has 1 heterocycles. The van der Waals surface area contributed by atoms with Gasteiger partial charge in [-0.25, -0.2) is 13.6 Å². The van der Waals surface area contributed by atoms with Crippen molar-refractivity contribution < 1.29 is 13.2 Å². The summed E-state index contributed by atoms with van der Waals surface area (Å²) in [6.07, 6.45) is 0. The Morgan fingerprint density at radius 1 is 1.26 bits per heavy atom. The second-order valence-electron chi connectivity index (χ2n) is 4.50. The van der Waals surface area contributed by atoms with Gasteiger partial charge >= 0.3 is 0 Å². The number of piperazine rings is 1. The third-order valence-electron chi connectivity index (χ3n) is 3.13. The Balaban J connectivity index is 2.37. The lowest BCUT2D eigenvalue weighted by atomic mass is 10.2. The van der Waals surface area contributed by atoms with Crippen molar-refractivity contribution >= 4 is 27.3 Å². The van der Waals surface area contributed by atoms with E-state index in [9.17, 15) is 13.2 Å². The summed E-state index contributed by atoms with van der Waals surface area (Å²) in [5, 5.41) is 5.09. The van der Waals surface area contributed by atoms with Crippen LogP contribution in [0, 0.1) is 0 Å². The normalized spacial score (nSPS) is 16.8. The number of carbonyl (C=O) groups excluding carboxylic acids is 1. The molecule has 7 nitrogen and oxygen atoms in total. The Hall–Kier alpha value is -1.80. The topological polar surface area (TPSA) is 110 Å². The number of likely N-dealkylation sites (N-methyl/N-ethyl adjacent to an activating group) is 1. The lowest BCUT2D eigenvalue weighted by molar-refractivity contribution is -0.129. The molecule has 0 radical (unpaired) electrons. The maximum Gasteiger partial charge on any atom is 0.241 e. The molecule has 0 saturated carbocycles. The SMILES string of the molecule is CN1CCN(c2cc(S(N)(=O)=O)ccc2N)CC1=O. The van der Waals surface area contributed by atoms with Crippen LogP contribution < -0.4 is 15.8 Å². The van der Waals surface area contributed by atoms with E-state index in [4.69, 9.17) is 10.9 Å². The van der Waals surface area contributed by atoms with Crippen molar-refractivity contribution in [2.24, 2.45) is 5.14 Å². The van der Waals surface area contributed by atoms with Crippen LogP contribution in [0.15, 0.2) is 23.1 Å². The predicted molar refractivity (Wildman–Crippen MR) is 72.1 cm³/mol. The monoisotopic (exact) mass is 284 g/mol. The van der Waals surface area contributed by atoms with E-state index in [2.05, 4.69) is 0 Å². The molecule has 1 saturated heterocycles. The highest BCUT2D eigenvalue weighted by Gasteiger charge is 2.23. The molecule has 1 aromatic carbocycles. The highest BCUT2D eigenvalue weighted by atomic mass is 32.2.